The third-order valence-electron chi connectivity index (χ3n) is 3.16. The fraction of sp³-hybridized carbons (Fsp3) is 0.667. The number of nitrogens with zero attached hydrogens (tertiary/aromatic N) is 2. The molecule has 1 aromatic rings. The van der Waals surface area contributed by atoms with Crippen LogP contribution < -0.4 is 0 Å². The van der Waals surface area contributed by atoms with Crippen molar-refractivity contribution >= 4 is 5.97 Å². The van der Waals surface area contributed by atoms with Crippen LogP contribution in [-0.2, 0) is 4.79 Å². The number of carbonyl (C=O) groups is 1. The topological polar surface area (TPSA) is 66.6 Å². The van der Waals surface area contributed by atoms with Crippen molar-refractivity contribution in [2.45, 2.75) is 38.6 Å². The zero-order valence-electron chi connectivity index (χ0n) is 10.2. The van der Waals surface area contributed by atoms with Gasteiger partial charge in [0.15, 0.2) is 0 Å². The Kier molecular flexibility index (Phi) is 3.47. The highest BCUT2D eigenvalue weighted by Gasteiger charge is 2.30. The van der Waals surface area contributed by atoms with E-state index in [1.807, 2.05) is 24.8 Å². The minimum absolute atomic E-state index is 0.0779. The number of hydrogen-bond donors (Lipinski definition) is 1. The maximum Gasteiger partial charge on any atom is 0.317 e. The van der Waals surface area contributed by atoms with Gasteiger partial charge in [0.2, 0.25) is 0 Å². The molecule has 5 heteroatoms. The van der Waals surface area contributed by atoms with E-state index >= 15 is 0 Å². The van der Waals surface area contributed by atoms with Gasteiger partial charge in [0.1, 0.15) is 11.5 Å². The smallest absolute Gasteiger partial charge is 0.317 e. The molecule has 0 unspecified atom stereocenters. The Morgan fingerprint density at radius 1 is 1.71 bits per heavy atom. The van der Waals surface area contributed by atoms with Crippen LogP contribution in [0.4, 0.5) is 0 Å². The van der Waals surface area contributed by atoms with E-state index in [0.29, 0.717) is 5.92 Å². The highest BCUT2D eigenvalue weighted by atomic mass is 16.5. The van der Waals surface area contributed by atoms with E-state index in [9.17, 15) is 4.79 Å². The van der Waals surface area contributed by atoms with Crippen molar-refractivity contribution in [2.75, 3.05) is 13.1 Å². The summed E-state index contributed by atoms with van der Waals surface area (Å²) in [6.45, 7) is 5.00. The van der Waals surface area contributed by atoms with E-state index in [1.54, 1.807) is 0 Å². The second-order valence-corrected chi connectivity index (χ2v) is 4.83. The fourth-order valence-electron chi connectivity index (χ4n) is 2.26. The first-order valence-electron chi connectivity index (χ1n) is 6.00. The van der Waals surface area contributed by atoms with Crippen molar-refractivity contribution in [1.82, 2.24) is 10.1 Å². The summed E-state index contributed by atoms with van der Waals surface area (Å²) in [5.41, 5.74) is 0.868. The van der Waals surface area contributed by atoms with Crippen LogP contribution in [0.1, 0.15) is 50.1 Å². The van der Waals surface area contributed by atoms with Gasteiger partial charge in [-0.1, -0.05) is 19.0 Å². The second-order valence-electron chi connectivity index (χ2n) is 4.83. The van der Waals surface area contributed by atoms with Crippen molar-refractivity contribution in [3.8, 4) is 0 Å². The van der Waals surface area contributed by atoms with Crippen molar-refractivity contribution < 1.29 is 14.4 Å². The van der Waals surface area contributed by atoms with Crippen molar-refractivity contribution in [2.24, 2.45) is 0 Å². The summed E-state index contributed by atoms with van der Waals surface area (Å²) in [6.07, 6.45) is 1.97. The van der Waals surface area contributed by atoms with E-state index in [1.165, 1.54) is 0 Å². The van der Waals surface area contributed by atoms with Crippen molar-refractivity contribution in [3.05, 3.63) is 17.5 Å². The third-order valence-corrected chi connectivity index (χ3v) is 3.16. The minimum Gasteiger partial charge on any atom is -0.480 e. The normalized spacial score (nSPS) is 21.2. The lowest BCUT2D eigenvalue weighted by atomic mass is 10.1. The molecule has 0 spiro atoms. The van der Waals surface area contributed by atoms with Crippen LogP contribution in [-0.4, -0.2) is 34.2 Å². The first-order chi connectivity index (χ1) is 8.08. The average Bonchev–Trinajstić information content (AvgIpc) is 2.83. The molecule has 1 fully saturated rings. The van der Waals surface area contributed by atoms with Gasteiger partial charge < -0.3 is 9.63 Å². The van der Waals surface area contributed by atoms with Crippen LogP contribution in [0.5, 0.6) is 0 Å². The quantitative estimate of drug-likeness (QED) is 0.869. The number of carboxylic acid groups (broad SMARTS) is 1. The number of likely N-dealkylation sites (tertiary alicyclic amines) is 1. The number of aliphatic carboxylic acids is 1. The molecule has 0 radical (unpaired) electrons. The molecular weight excluding hydrogens is 220 g/mol. The van der Waals surface area contributed by atoms with Crippen LogP contribution in [0, 0.1) is 0 Å². The molecule has 5 nitrogen and oxygen atoms in total. The van der Waals surface area contributed by atoms with Gasteiger partial charge in [0.05, 0.1) is 12.6 Å². The van der Waals surface area contributed by atoms with Crippen molar-refractivity contribution in [3.63, 3.8) is 0 Å². The lowest BCUT2D eigenvalue weighted by Gasteiger charge is -2.19. The number of rotatable bonds is 4. The van der Waals surface area contributed by atoms with Gasteiger partial charge in [0, 0.05) is 12.0 Å². The van der Waals surface area contributed by atoms with Gasteiger partial charge >= 0.3 is 5.97 Å². The third kappa shape index (κ3) is 2.66. The molecule has 0 aliphatic carbocycles. The minimum atomic E-state index is -0.788. The zero-order valence-corrected chi connectivity index (χ0v) is 10.2. The second kappa shape index (κ2) is 4.87. The summed E-state index contributed by atoms with van der Waals surface area (Å²) in [4.78, 5) is 12.7. The largest absolute Gasteiger partial charge is 0.480 e. The van der Waals surface area contributed by atoms with Gasteiger partial charge in [-0.05, 0) is 19.4 Å². The van der Waals surface area contributed by atoms with E-state index in [-0.39, 0.29) is 12.6 Å². The highest BCUT2D eigenvalue weighted by molar-refractivity contribution is 5.69. The lowest BCUT2D eigenvalue weighted by Crippen LogP contribution is -2.29. The maximum absolute atomic E-state index is 10.8. The first kappa shape index (κ1) is 12.1. The molecular formula is C12H18N2O3. The monoisotopic (exact) mass is 238 g/mol. The van der Waals surface area contributed by atoms with Gasteiger partial charge in [-0.3, -0.25) is 9.69 Å². The molecule has 2 heterocycles. The zero-order chi connectivity index (χ0) is 12.4. The Balaban J connectivity index is 2.11. The Hall–Kier alpha value is -1.36. The average molecular weight is 238 g/mol. The fourth-order valence-corrected chi connectivity index (χ4v) is 2.26. The molecule has 0 aromatic carbocycles. The molecule has 0 amide bonds. The molecule has 1 atom stereocenters. The van der Waals surface area contributed by atoms with Crippen LogP contribution in [0.2, 0.25) is 0 Å². The first-order valence-corrected chi connectivity index (χ1v) is 6.00. The van der Waals surface area contributed by atoms with Crippen LogP contribution in [0.25, 0.3) is 0 Å². The standard InChI is InChI=1S/C12H18N2O3/c1-8(2)11-6-9(13-17-11)10-4-3-5-14(10)7-12(15)16/h6,8,10H,3-5,7H2,1-2H3,(H,15,16)/t10-/m0/s1. The van der Waals surface area contributed by atoms with Gasteiger partial charge in [-0.25, -0.2) is 0 Å². The summed E-state index contributed by atoms with van der Waals surface area (Å²) in [6, 6.07) is 2.05. The summed E-state index contributed by atoms with van der Waals surface area (Å²) >= 11 is 0. The lowest BCUT2D eigenvalue weighted by molar-refractivity contribution is -0.138. The van der Waals surface area contributed by atoms with Gasteiger partial charge in [-0.2, -0.15) is 0 Å². The molecule has 1 aliphatic heterocycles. The van der Waals surface area contributed by atoms with E-state index < -0.39 is 5.97 Å². The maximum atomic E-state index is 10.8. The van der Waals surface area contributed by atoms with Crippen LogP contribution in [0.15, 0.2) is 10.6 Å². The van der Waals surface area contributed by atoms with Gasteiger partial charge in [0.25, 0.3) is 0 Å². The molecule has 2 rings (SSSR count). The molecule has 0 saturated carbocycles. The Morgan fingerprint density at radius 3 is 3.06 bits per heavy atom. The molecule has 94 valence electrons. The molecule has 17 heavy (non-hydrogen) atoms. The summed E-state index contributed by atoms with van der Waals surface area (Å²) in [5.74, 6) is 0.386. The van der Waals surface area contributed by atoms with Crippen LogP contribution in [0.3, 0.4) is 0 Å². The highest BCUT2D eigenvalue weighted by Crippen LogP contribution is 2.32. The number of hydrogen-bond acceptors (Lipinski definition) is 4. The molecule has 1 N–H and O–H groups in total. The molecule has 0 bridgehead atoms. The Labute approximate surface area is 100 Å². The number of aromatic nitrogens is 1. The number of carboxylic acids is 1. The van der Waals surface area contributed by atoms with Crippen LogP contribution >= 0.6 is 0 Å². The van der Waals surface area contributed by atoms with E-state index in [2.05, 4.69) is 5.16 Å². The van der Waals surface area contributed by atoms with E-state index in [4.69, 9.17) is 9.63 Å². The Bertz CT molecular complexity index is 400. The predicted octanol–water partition coefficient (Wildman–Crippen LogP) is 2.02. The van der Waals surface area contributed by atoms with Gasteiger partial charge in [-0.15, -0.1) is 0 Å². The summed E-state index contributed by atoms with van der Waals surface area (Å²) < 4.78 is 5.27. The van der Waals surface area contributed by atoms with E-state index in [0.717, 1.165) is 30.8 Å². The molecule has 1 aromatic heterocycles. The van der Waals surface area contributed by atoms with Crippen molar-refractivity contribution in [1.29, 1.82) is 0 Å². The molecule has 1 saturated heterocycles. The summed E-state index contributed by atoms with van der Waals surface area (Å²) in [7, 11) is 0. The molecule has 1 aliphatic rings. The Morgan fingerprint density at radius 2 is 2.47 bits per heavy atom. The SMILES string of the molecule is CC(C)c1cc([C@@H]2CCCN2CC(=O)O)no1. The summed E-state index contributed by atoms with van der Waals surface area (Å²) in [5, 5.41) is 12.9. The predicted molar refractivity (Wildman–Crippen MR) is 61.8 cm³/mol.